The smallest absolute Gasteiger partial charge is 0.273 e. The molecule has 1 atom stereocenters. The lowest BCUT2D eigenvalue weighted by Gasteiger charge is -2.26. The van der Waals surface area contributed by atoms with Gasteiger partial charge in [0.2, 0.25) is 0 Å². The summed E-state index contributed by atoms with van der Waals surface area (Å²) in [5, 5.41) is 17.0. The fourth-order valence-corrected chi connectivity index (χ4v) is 3.61. The highest BCUT2D eigenvalue weighted by Gasteiger charge is 2.41. The van der Waals surface area contributed by atoms with E-state index in [9.17, 15) is 9.90 Å². The fourth-order valence-electron chi connectivity index (χ4n) is 3.61. The van der Waals surface area contributed by atoms with Crippen molar-refractivity contribution in [1.82, 2.24) is 15.1 Å². The van der Waals surface area contributed by atoms with Crippen LogP contribution in [0.2, 0.25) is 0 Å². The molecule has 0 spiro atoms. The number of nitrogens with one attached hydrogen (secondary N) is 1. The lowest BCUT2D eigenvalue weighted by atomic mass is 9.96. The van der Waals surface area contributed by atoms with E-state index >= 15 is 0 Å². The molecule has 1 aromatic heterocycles. The quantitative estimate of drug-likeness (QED) is 0.687. The molecule has 0 radical (unpaired) electrons. The van der Waals surface area contributed by atoms with Gasteiger partial charge in [-0.2, -0.15) is 5.10 Å². The number of aromatic nitrogens is 2. The van der Waals surface area contributed by atoms with E-state index in [-0.39, 0.29) is 17.7 Å². The highest BCUT2D eigenvalue weighted by Crippen LogP contribution is 2.43. The van der Waals surface area contributed by atoms with Crippen LogP contribution in [0.4, 0.5) is 0 Å². The molecule has 2 aromatic carbocycles. The highest BCUT2D eigenvalue weighted by molar-refractivity contribution is 6.00. The normalized spacial score (nSPS) is 15.7. The number of carbonyl (C=O) groups excluding carboxylic acids is 1. The molecule has 1 aliphatic rings. The Bertz CT molecular complexity index is 997. The van der Waals surface area contributed by atoms with Crippen molar-refractivity contribution in [3.05, 3.63) is 65.4 Å². The highest BCUT2D eigenvalue weighted by atomic mass is 16.5. The lowest BCUT2D eigenvalue weighted by molar-refractivity contribution is 0.0677. The molecule has 28 heavy (non-hydrogen) atoms. The maximum atomic E-state index is 13.0. The van der Waals surface area contributed by atoms with Crippen molar-refractivity contribution in [1.29, 1.82) is 0 Å². The number of hydrogen-bond acceptors (Lipinski definition) is 5. The molecule has 2 heterocycles. The number of aromatic hydroxyl groups is 1. The molecule has 4 rings (SSSR count). The number of H-pyrrole nitrogens is 1. The van der Waals surface area contributed by atoms with Crippen LogP contribution in [0.1, 0.15) is 27.7 Å². The first-order valence-electron chi connectivity index (χ1n) is 8.95. The second-order valence-electron chi connectivity index (χ2n) is 6.58. The summed E-state index contributed by atoms with van der Waals surface area (Å²) in [6.07, 6.45) is 0. The van der Waals surface area contributed by atoms with Crippen molar-refractivity contribution in [3.8, 4) is 22.8 Å². The zero-order valence-corrected chi connectivity index (χ0v) is 15.7. The standard InChI is InChI=1S/C21H21N3O4/c1-27-11-10-24-20(13-6-8-15(25)9-7-13)17-18(22-23-19(17)21(24)26)14-4-3-5-16(12-14)28-2/h3-9,12,20,25H,10-11H2,1-2H3,(H,22,23)/t20-/m0/s1. The molecule has 7 nitrogen and oxygen atoms in total. The molecular weight excluding hydrogens is 358 g/mol. The van der Waals surface area contributed by atoms with Crippen molar-refractivity contribution >= 4 is 5.91 Å². The molecule has 7 heteroatoms. The van der Waals surface area contributed by atoms with E-state index in [0.717, 1.165) is 22.4 Å². The summed E-state index contributed by atoms with van der Waals surface area (Å²) in [6.45, 7) is 0.869. The average Bonchev–Trinajstić information content (AvgIpc) is 3.26. The van der Waals surface area contributed by atoms with Crippen molar-refractivity contribution in [2.75, 3.05) is 27.4 Å². The third-order valence-corrected chi connectivity index (χ3v) is 4.95. The summed E-state index contributed by atoms with van der Waals surface area (Å²) >= 11 is 0. The van der Waals surface area contributed by atoms with Gasteiger partial charge in [0.05, 0.1) is 25.5 Å². The summed E-state index contributed by atoms with van der Waals surface area (Å²) in [7, 11) is 3.22. The van der Waals surface area contributed by atoms with E-state index in [0.29, 0.717) is 24.5 Å². The van der Waals surface area contributed by atoms with Crippen LogP contribution >= 0.6 is 0 Å². The maximum absolute atomic E-state index is 13.0. The number of rotatable bonds is 6. The SMILES string of the molecule is COCCN1C(=O)c2[nH]nc(-c3cccc(OC)c3)c2[C@@H]1c1ccc(O)cc1. The Kier molecular flexibility index (Phi) is 4.75. The summed E-state index contributed by atoms with van der Waals surface area (Å²) in [6, 6.07) is 14.2. The van der Waals surface area contributed by atoms with Crippen molar-refractivity contribution in [3.63, 3.8) is 0 Å². The Morgan fingerprint density at radius 2 is 1.96 bits per heavy atom. The van der Waals surface area contributed by atoms with Gasteiger partial charge < -0.3 is 19.5 Å². The van der Waals surface area contributed by atoms with E-state index in [1.165, 1.54) is 0 Å². The van der Waals surface area contributed by atoms with Gasteiger partial charge in [0, 0.05) is 24.8 Å². The largest absolute Gasteiger partial charge is 0.508 e. The van der Waals surface area contributed by atoms with Gasteiger partial charge in [-0.15, -0.1) is 0 Å². The van der Waals surface area contributed by atoms with Crippen LogP contribution in [-0.2, 0) is 4.74 Å². The summed E-state index contributed by atoms with van der Waals surface area (Å²) < 4.78 is 10.5. The van der Waals surface area contributed by atoms with Crippen LogP contribution in [-0.4, -0.2) is 53.5 Å². The number of phenolic OH excluding ortho intramolecular Hbond substituents is 1. The molecule has 0 fully saturated rings. The minimum atomic E-state index is -0.321. The molecule has 0 unspecified atom stereocenters. The van der Waals surface area contributed by atoms with Crippen LogP contribution in [0.25, 0.3) is 11.3 Å². The number of carbonyl (C=O) groups is 1. The van der Waals surface area contributed by atoms with Crippen LogP contribution in [0.5, 0.6) is 11.5 Å². The van der Waals surface area contributed by atoms with E-state index in [2.05, 4.69) is 10.2 Å². The second kappa shape index (κ2) is 7.36. The summed E-state index contributed by atoms with van der Waals surface area (Å²) in [5.41, 5.74) is 3.76. The molecule has 1 amide bonds. The maximum Gasteiger partial charge on any atom is 0.273 e. The van der Waals surface area contributed by atoms with Gasteiger partial charge in [0.1, 0.15) is 17.2 Å². The molecule has 0 aliphatic carbocycles. The molecular formula is C21H21N3O4. The summed E-state index contributed by atoms with van der Waals surface area (Å²) in [5.74, 6) is 0.778. The Morgan fingerprint density at radius 1 is 1.18 bits per heavy atom. The van der Waals surface area contributed by atoms with Crippen molar-refractivity contribution in [2.24, 2.45) is 0 Å². The number of methoxy groups -OCH3 is 2. The molecule has 0 bridgehead atoms. The first-order chi connectivity index (χ1) is 13.6. The second-order valence-corrected chi connectivity index (χ2v) is 6.58. The lowest BCUT2D eigenvalue weighted by Crippen LogP contribution is -2.32. The van der Waals surface area contributed by atoms with Crippen LogP contribution in [0.15, 0.2) is 48.5 Å². The summed E-state index contributed by atoms with van der Waals surface area (Å²) in [4.78, 5) is 14.8. The van der Waals surface area contributed by atoms with Gasteiger partial charge in [0.15, 0.2) is 0 Å². The van der Waals surface area contributed by atoms with Crippen LogP contribution < -0.4 is 4.74 Å². The zero-order chi connectivity index (χ0) is 19.7. The third kappa shape index (κ3) is 2.99. The number of aromatic amines is 1. The van der Waals surface area contributed by atoms with E-state index in [4.69, 9.17) is 9.47 Å². The number of phenols is 1. The molecule has 0 saturated heterocycles. The monoisotopic (exact) mass is 379 g/mol. The van der Waals surface area contributed by atoms with E-state index < -0.39 is 0 Å². The number of fused-ring (bicyclic) bond motifs is 1. The Balaban J connectivity index is 1.85. The molecule has 144 valence electrons. The van der Waals surface area contributed by atoms with Gasteiger partial charge in [-0.05, 0) is 29.8 Å². The van der Waals surface area contributed by atoms with Gasteiger partial charge in [0.25, 0.3) is 5.91 Å². The predicted molar refractivity (Wildman–Crippen MR) is 103 cm³/mol. The first kappa shape index (κ1) is 18.1. The fraction of sp³-hybridized carbons (Fsp3) is 0.238. The number of benzene rings is 2. The Labute approximate surface area is 162 Å². The topological polar surface area (TPSA) is 87.7 Å². The van der Waals surface area contributed by atoms with Gasteiger partial charge in [-0.1, -0.05) is 24.3 Å². The van der Waals surface area contributed by atoms with E-state index in [1.54, 1.807) is 31.3 Å². The molecule has 0 saturated carbocycles. The van der Waals surface area contributed by atoms with Crippen molar-refractivity contribution in [2.45, 2.75) is 6.04 Å². The van der Waals surface area contributed by atoms with Gasteiger partial charge in [-0.3, -0.25) is 9.89 Å². The molecule has 1 aliphatic heterocycles. The number of amides is 1. The molecule has 2 N–H and O–H groups in total. The average molecular weight is 379 g/mol. The molecule has 3 aromatic rings. The predicted octanol–water partition coefficient (Wildman–Crippen LogP) is 2.98. The van der Waals surface area contributed by atoms with Crippen molar-refractivity contribution < 1.29 is 19.4 Å². The minimum Gasteiger partial charge on any atom is -0.508 e. The first-order valence-corrected chi connectivity index (χ1v) is 8.95. The zero-order valence-electron chi connectivity index (χ0n) is 15.7. The van der Waals surface area contributed by atoms with Gasteiger partial charge in [-0.25, -0.2) is 0 Å². The minimum absolute atomic E-state index is 0.119. The van der Waals surface area contributed by atoms with E-state index in [1.807, 2.05) is 36.4 Å². The Morgan fingerprint density at radius 3 is 2.68 bits per heavy atom. The van der Waals surface area contributed by atoms with Crippen LogP contribution in [0.3, 0.4) is 0 Å². The number of ether oxygens (including phenoxy) is 2. The van der Waals surface area contributed by atoms with Crippen LogP contribution in [0, 0.1) is 0 Å². The third-order valence-electron chi connectivity index (χ3n) is 4.95. The van der Waals surface area contributed by atoms with Gasteiger partial charge >= 0.3 is 0 Å². The Hall–Kier alpha value is -3.32. The number of hydrogen-bond donors (Lipinski definition) is 2. The number of nitrogens with zero attached hydrogens (tertiary/aromatic N) is 2.